The molecule has 2 heterocycles. The van der Waals surface area contributed by atoms with Crippen LogP contribution in [-0.4, -0.2) is 31.3 Å². The average Bonchev–Trinajstić information content (AvgIpc) is 2.85. The van der Waals surface area contributed by atoms with E-state index < -0.39 is 5.97 Å². The Kier molecular flexibility index (Phi) is 2.49. The van der Waals surface area contributed by atoms with Crippen molar-refractivity contribution in [3.05, 3.63) is 5.56 Å². The highest BCUT2D eigenvalue weighted by Crippen LogP contribution is 2.28. The predicted octanol–water partition coefficient (Wildman–Crippen LogP) is 0.644. The van der Waals surface area contributed by atoms with Crippen LogP contribution in [0.1, 0.15) is 23.2 Å². The van der Waals surface area contributed by atoms with Crippen LogP contribution < -0.4 is 10.6 Å². The van der Waals surface area contributed by atoms with E-state index in [1.807, 2.05) is 4.90 Å². The molecule has 1 aromatic rings. The van der Waals surface area contributed by atoms with Gasteiger partial charge in [-0.05, 0) is 12.8 Å². The lowest BCUT2D eigenvalue weighted by atomic mass is 10.3. The number of carbonyl (C=O) groups is 1. The summed E-state index contributed by atoms with van der Waals surface area (Å²) in [4.78, 5) is 13.4. The number of rotatable bonds is 2. The number of hydrogen-bond donors (Lipinski definition) is 1. The van der Waals surface area contributed by atoms with E-state index in [2.05, 4.69) is 9.89 Å². The molecule has 0 atom stereocenters. The number of nitrogens with two attached hydrogens (primary N) is 1. The third kappa shape index (κ3) is 1.62. The maximum atomic E-state index is 11.4. The number of nitrogens with zero attached hydrogens (tertiary/aromatic N) is 2. The molecule has 0 unspecified atom stereocenters. The monoisotopic (exact) mass is 211 g/mol. The molecule has 0 saturated carbocycles. The molecule has 15 heavy (non-hydrogen) atoms. The Labute approximate surface area is 87.0 Å². The number of carbonyl (C=O) groups excluding carboxylic acids is 1. The molecule has 1 aliphatic rings. The molecular weight excluding hydrogens is 198 g/mol. The Hall–Kier alpha value is -1.72. The lowest BCUT2D eigenvalue weighted by molar-refractivity contribution is 0.0602. The van der Waals surface area contributed by atoms with Gasteiger partial charge < -0.3 is 19.9 Å². The number of aromatic nitrogens is 1. The van der Waals surface area contributed by atoms with Crippen LogP contribution in [0.4, 0.5) is 11.7 Å². The summed E-state index contributed by atoms with van der Waals surface area (Å²) in [5.74, 6) is 0.0104. The van der Waals surface area contributed by atoms with Crippen molar-refractivity contribution in [3.8, 4) is 0 Å². The molecule has 82 valence electrons. The number of nitrogen functional groups attached to an aromatic ring is 1. The molecule has 6 heteroatoms. The van der Waals surface area contributed by atoms with Crippen molar-refractivity contribution in [3.63, 3.8) is 0 Å². The highest BCUT2D eigenvalue weighted by atomic mass is 16.5. The molecule has 1 fully saturated rings. The Morgan fingerprint density at radius 1 is 1.53 bits per heavy atom. The fourth-order valence-electron chi connectivity index (χ4n) is 1.73. The number of hydrogen-bond acceptors (Lipinski definition) is 6. The fourth-order valence-corrected chi connectivity index (χ4v) is 1.73. The Morgan fingerprint density at radius 3 is 2.80 bits per heavy atom. The quantitative estimate of drug-likeness (QED) is 0.723. The van der Waals surface area contributed by atoms with E-state index in [1.54, 1.807) is 0 Å². The Balaban J connectivity index is 2.34. The van der Waals surface area contributed by atoms with Crippen LogP contribution in [0.25, 0.3) is 0 Å². The number of esters is 1. The first-order valence-corrected chi connectivity index (χ1v) is 4.82. The van der Waals surface area contributed by atoms with E-state index in [0.29, 0.717) is 5.82 Å². The number of anilines is 2. The van der Waals surface area contributed by atoms with Gasteiger partial charge in [-0.3, -0.25) is 0 Å². The molecule has 1 aliphatic heterocycles. The SMILES string of the molecule is COC(=O)c1c(N2CCCC2)noc1N. The highest BCUT2D eigenvalue weighted by Gasteiger charge is 2.27. The highest BCUT2D eigenvalue weighted by molar-refractivity contribution is 5.99. The Bertz CT molecular complexity index is 369. The second-order valence-electron chi connectivity index (χ2n) is 3.43. The van der Waals surface area contributed by atoms with Gasteiger partial charge in [-0.2, -0.15) is 0 Å². The first kappa shape index (κ1) is 9.82. The molecule has 0 aliphatic carbocycles. The average molecular weight is 211 g/mol. The summed E-state index contributed by atoms with van der Waals surface area (Å²) >= 11 is 0. The second kappa shape index (κ2) is 3.80. The molecule has 0 amide bonds. The van der Waals surface area contributed by atoms with Crippen LogP contribution >= 0.6 is 0 Å². The van der Waals surface area contributed by atoms with Crippen LogP contribution in [0.2, 0.25) is 0 Å². The minimum absolute atomic E-state index is 0.0174. The van der Waals surface area contributed by atoms with Gasteiger partial charge in [0, 0.05) is 13.1 Å². The van der Waals surface area contributed by atoms with Gasteiger partial charge in [0.15, 0.2) is 11.4 Å². The zero-order chi connectivity index (χ0) is 10.8. The largest absolute Gasteiger partial charge is 0.465 e. The normalized spacial score (nSPS) is 15.7. The molecular formula is C9H13N3O3. The molecule has 0 radical (unpaired) electrons. The van der Waals surface area contributed by atoms with Crippen molar-refractivity contribution in [1.82, 2.24) is 5.16 Å². The topological polar surface area (TPSA) is 81.6 Å². The molecule has 2 N–H and O–H groups in total. The van der Waals surface area contributed by atoms with Crippen LogP contribution in [0.5, 0.6) is 0 Å². The summed E-state index contributed by atoms with van der Waals surface area (Å²) in [6, 6.07) is 0. The van der Waals surface area contributed by atoms with E-state index in [4.69, 9.17) is 10.3 Å². The summed E-state index contributed by atoms with van der Waals surface area (Å²) in [5, 5.41) is 3.79. The smallest absolute Gasteiger partial charge is 0.347 e. The third-order valence-corrected chi connectivity index (χ3v) is 2.50. The molecule has 2 rings (SSSR count). The molecule has 0 aromatic carbocycles. The molecule has 1 saturated heterocycles. The van der Waals surface area contributed by atoms with E-state index in [-0.39, 0.29) is 11.4 Å². The minimum atomic E-state index is -0.504. The van der Waals surface area contributed by atoms with Gasteiger partial charge in [0.2, 0.25) is 5.88 Å². The first-order chi connectivity index (χ1) is 7.24. The van der Waals surface area contributed by atoms with E-state index >= 15 is 0 Å². The van der Waals surface area contributed by atoms with Crippen molar-refractivity contribution in [1.29, 1.82) is 0 Å². The molecule has 0 bridgehead atoms. The van der Waals surface area contributed by atoms with Gasteiger partial charge in [-0.25, -0.2) is 4.79 Å². The zero-order valence-corrected chi connectivity index (χ0v) is 8.52. The van der Waals surface area contributed by atoms with E-state index in [9.17, 15) is 4.79 Å². The summed E-state index contributed by atoms with van der Waals surface area (Å²) in [5.41, 5.74) is 5.76. The standard InChI is InChI=1S/C9H13N3O3/c1-14-9(13)6-7(10)15-11-8(6)12-4-2-3-5-12/h2-5,10H2,1H3. The summed E-state index contributed by atoms with van der Waals surface area (Å²) < 4.78 is 9.45. The zero-order valence-electron chi connectivity index (χ0n) is 8.52. The lowest BCUT2D eigenvalue weighted by Crippen LogP contribution is -2.21. The van der Waals surface area contributed by atoms with E-state index in [0.717, 1.165) is 25.9 Å². The van der Waals surface area contributed by atoms with Crippen LogP contribution in [0, 0.1) is 0 Å². The van der Waals surface area contributed by atoms with Crippen molar-refractivity contribution in [2.75, 3.05) is 30.8 Å². The van der Waals surface area contributed by atoms with Crippen molar-refractivity contribution in [2.24, 2.45) is 0 Å². The van der Waals surface area contributed by atoms with Crippen molar-refractivity contribution < 1.29 is 14.1 Å². The minimum Gasteiger partial charge on any atom is -0.465 e. The predicted molar refractivity (Wildman–Crippen MR) is 53.7 cm³/mol. The van der Waals surface area contributed by atoms with Gasteiger partial charge >= 0.3 is 5.97 Å². The fraction of sp³-hybridized carbons (Fsp3) is 0.556. The van der Waals surface area contributed by atoms with Crippen LogP contribution in [0.3, 0.4) is 0 Å². The summed E-state index contributed by atoms with van der Waals surface area (Å²) in [6.45, 7) is 1.74. The maximum absolute atomic E-state index is 11.4. The summed E-state index contributed by atoms with van der Waals surface area (Å²) in [6.07, 6.45) is 2.18. The van der Waals surface area contributed by atoms with Gasteiger partial charge in [0.1, 0.15) is 0 Å². The maximum Gasteiger partial charge on any atom is 0.347 e. The molecule has 0 spiro atoms. The Morgan fingerprint density at radius 2 is 2.20 bits per heavy atom. The van der Waals surface area contributed by atoms with Gasteiger partial charge in [0.05, 0.1) is 7.11 Å². The molecule has 6 nitrogen and oxygen atoms in total. The third-order valence-electron chi connectivity index (χ3n) is 2.50. The second-order valence-corrected chi connectivity index (χ2v) is 3.43. The van der Waals surface area contributed by atoms with Gasteiger partial charge in [-0.15, -0.1) is 0 Å². The summed E-state index contributed by atoms with van der Waals surface area (Å²) in [7, 11) is 1.31. The van der Waals surface area contributed by atoms with Crippen molar-refractivity contribution in [2.45, 2.75) is 12.8 Å². The number of ether oxygens (including phenoxy) is 1. The van der Waals surface area contributed by atoms with Crippen LogP contribution in [0.15, 0.2) is 4.52 Å². The van der Waals surface area contributed by atoms with Gasteiger partial charge in [0.25, 0.3) is 0 Å². The number of methoxy groups -OCH3 is 1. The lowest BCUT2D eigenvalue weighted by Gasteiger charge is -2.13. The van der Waals surface area contributed by atoms with E-state index in [1.165, 1.54) is 7.11 Å². The molecule has 1 aromatic heterocycles. The van der Waals surface area contributed by atoms with Gasteiger partial charge in [-0.1, -0.05) is 5.16 Å². The van der Waals surface area contributed by atoms with Crippen molar-refractivity contribution >= 4 is 17.7 Å². The first-order valence-electron chi connectivity index (χ1n) is 4.82. The van der Waals surface area contributed by atoms with Crippen LogP contribution in [-0.2, 0) is 4.74 Å².